The minimum absolute atomic E-state index is 0.866. The van der Waals surface area contributed by atoms with Crippen LogP contribution in [-0.4, -0.2) is 10.2 Å². The van der Waals surface area contributed by atoms with E-state index in [1.807, 2.05) is 12.2 Å². The van der Waals surface area contributed by atoms with Gasteiger partial charge < -0.3 is 0 Å². The Labute approximate surface area is 54.7 Å². The molecule has 0 bridgehead atoms. The quantitative estimate of drug-likeness (QED) is 0.393. The van der Waals surface area contributed by atoms with E-state index in [1.165, 1.54) is 10.2 Å². The molecule has 0 radical (unpaired) electrons. The van der Waals surface area contributed by atoms with Crippen LogP contribution in [0, 0.1) is 0 Å². The van der Waals surface area contributed by atoms with E-state index in [9.17, 15) is 0 Å². The Morgan fingerprint density at radius 3 is 1.88 bits per heavy atom. The van der Waals surface area contributed by atoms with E-state index >= 15 is 0 Å². The van der Waals surface area contributed by atoms with Gasteiger partial charge in [-0.3, -0.25) is 0 Å². The predicted molar refractivity (Wildman–Crippen MR) is 43.3 cm³/mol. The second-order valence-electron chi connectivity index (χ2n) is 2.15. The molecule has 8 heavy (non-hydrogen) atoms. The second kappa shape index (κ2) is 4.85. The van der Waals surface area contributed by atoms with Crippen molar-refractivity contribution in [2.24, 2.45) is 0 Å². The zero-order valence-corrected chi connectivity index (χ0v) is 7.56. The van der Waals surface area contributed by atoms with Crippen LogP contribution >= 0.6 is 0 Å². The Hall–Kier alpha value is -0.303. The van der Waals surface area contributed by atoms with Crippen molar-refractivity contribution in [3.8, 4) is 0 Å². The first-order chi connectivity index (χ1) is 3.81. The van der Waals surface area contributed by atoms with Crippen molar-refractivity contribution in [2.45, 2.75) is 18.4 Å². The van der Waals surface area contributed by atoms with Crippen molar-refractivity contribution in [3.63, 3.8) is 0 Å². The van der Waals surface area contributed by atoms with Crippen molar-refractivity contribution in [1.29, 1.82) is 0 Å². The molecular weight excluding hydrogens is 112 g/mol. The van der Waals surface area contributed by atoms with Crippen LogP contribution in [0.3, 0.4) is 0 Å². The molecule has 0 nitrogen and oxygen atoms in total. The summed E-state index contributed by atoms with van der Waals surface area (Å²) in [6.07, 6.45) is 6.30. The summed E-state index contributed by atoms with van der Waals surface area (Å²) in [4.78, 5) is 0. The molecule has 0 N–H and O–H groups in total. The van der Waals surface area contributed by atoms with Crippen LogP contribution < -0.4 is 0 Å². The molecule has 0 atom stereocenters. The smallest absolute Gasteiger partial charge is 0.00751 e. The molecule has 0 saturated heterocycles. The molecule has 0 saturated carbocycles. The molecular formula is C7H14Si. The first-order valence-electron chi connectivity index (χ1n) is 3.03. The first kappa shape index (κ1) is 7.70. The Kier molecular flexibility index (Phi) is 4.66. The summed E-state index contributed by atoms with van der Waals surface area (Å²) in [7, 11) is 1.27. The molecule has 0 aliphatic rings. The molecule has 0 aromatic carbocycles. The van der Waals surface area contributed by atoms with Crippen molar-refractivity contribution < 1.29 is 0 Å². The first-order valence-corrected chi connectivity index (χ1v) is 4.18. The maximum atomic E-state index is 3.67. The summed E-state index contributed by atoms with van der Waals surface area (Å²) < 4.78 is 0. The van der Waals surface area contributed by atoms with Gasteiger partial charge in [-0.1, -0.05) is 12.2 Å². The lowest BCUT2D eigenvalue weighted by atomic mass is 10.2. The van der Waals surface area contributed by atoms with Gasteiger partial charge in [0.25, 0.3) is 0 Å². The molecule has 46 valence electrons. The Morgan fingerprint density at radius 2 is 1.62 bits per heavy atom. The normalized spacial score (nSPS) is 9.62. The lowest BCUT2D eigenvalue weighted by molar-refractivity contribution is 0.866. The zero-order valence-electron chi connectivity index (χ0n) is 5.56. The number of allylic oxidation sites excluding steroid dienone is 2. The number of hydrogen-bond donors (Lipinski definition) is 0. The average molecular weight is 126 g/mol. The third-order valence-electron chi connectivity index (χ3n) is 1.14. The van der Waals surface area contributed by atoms with Crippen LogP contribution in [0.2, 0.25) is 5.54 Å². The lowest BCUT2D eigenvalue weighted by Gasteiger charge is -2.01. The third-order valence-corrected chi connectivity index (χ3v) is 2.08. The third kappa shape index (κ3) is 3.87. The van der Waals surface area contributed by atoms with Gasteiger partial charge in [0.15, 0.2) is 0 Å². The molecule has 0 aromatic rings. The number of rotatable bonds is 4. The highest BCUT2D eigenvalue weighted by Crippen LogP contribution is 2.10. The molecule has 0 aliphatic heterocycles. The van der Waals surface area contributed by atoms with Crippen LogP contribution in [0.5, 0.6) is 0 Å². The topological polar surface area (TPSA) is 0 Å². The summed E-state index contributed by atoms with van der Waals surface area (Å²) in [5.41, 5.74) is 0.866. The van der Waals surface area contributed by atoms with E-state index in [-0.39, 0.29) is 0 Å². The van der Waals surface area contributed by atoms with Crippen LogP contribution in [0.15, 0.2) is 25.3 Å². The van der Waals surface area contributed by atoms with E-state index in [1.54, 1.807) is 0 Å². The van der Waals surface area contributed by atoms with Crippen LogP contribution in [0.4, 0.5) is 0 Å². The fraction of sp³-hybridized carbons (Fsp3) is 0.429. The van der Waals surface area contributed by atoms with Crippen molar-refractivity contribution >= 4 is 10.2 Å². The van der Waals surface area contributed by atoms with Gasteiger partial charge >= 0.3 is 0 Å². The summed E-state index contributed by atoms with van der Waals surface area (Å²) >= 11 is 0. The van der Waals surface area contributed by atoms with E-state index in [4.69, 9.17) is 0 Å². The predicted octanol–water partition coefficient (Wildman–Crippen LogP) is 1.29. The lowest BCUT2D eigenvalue weighted by Crippen LogP contribution is -1.86. The molecule has 0 rings (SSSR count). The van der Waals surface area contributed by atoms with Gasteiger partial charge in [-0.15, -0.1) is 13.2 Å². The van der Waals surface area contributed by atoms with E-state index in [0.717, 1.165) is 18.4 Å². The van der Waals surface area contributed by atoms with Gasteiger partial charge in [0, 0.05) is 10.2 Å². The highest BCUT2D eigenvalue weighted by Gasteiger charge is 1.92. The summed E-state index contributed by atoms with van der Waals surface area (Å²) in [5, 5.41) is 0. The zero-order chi connectivity index (χ0) is 6.41. The van der Waals surface area contributed by atoms with Crippen LogP contribution in [0.25, 0.3) is 0 Å². The van der Waals surface area contributed by atoms with E-state index in [2.05, 4.69) is 13.2 Å². The molecule has 0 aromatic heterocycles. The maximum absolute atomic E-state index is 3.67. The summed E-state index contributed by atoms with van der Waals surface area (Å²) in [6.45, 7) is 7.34. The van der Waals surface area contributed by atoms with E-state index in [0.29, 0.717) is 0 Å². The monoisotopic (exact) mass is 126 g/mol. The van der Waals surface area contributed by atoms with Crippen LogP contribution in [-0.2, 0) is 0 Å². The minimum atomic E-state index is 0.866. The van der Waals surface area contributed by atoms with E-state index < -0.39 is 0 Å². The highest BCUT2D eigenvalue weighted by atomic mass is 28.1. The summed E-state index contributed by atoms with van der Waals surface area (Å²) in [6, 6.07) is 0. The molecule has 0 heterocycles. The fourth-order valence-corrected chi connectivity index (χ4v) is 1.33. The molecule has 1 heteroatoms. The minimum Gasteiger partial charge on any atom is -0.103 e. The van der Waals surface area contributed by atoms with Gasteiger partial charge in [-0.2, -0.15) is 0 Å². The second-order valence-corrected chi connectivity index (χ2v) is 3.79. The van der Waals surface area contributed by atoms with Gasteiger partial charge in [-0.05, 0) is 18.4 Å². The Morgan fingerprint density at radius 1 is 1.25 bits per heavy atom. The Bertz CT molecular complexity index is 66.5. The molecule has 0 amide bonds. The Balaban J connectivity index is 3.16. The SMILES string of the molecule is C=CCC([SiH3])CC=C. The van der Waals surface area contributed by atoms with Crippen molar-refractivity contribution in [3.05, 3.63) is 25.3 Å². The molecule has 0 aliphatic carbocycles. The largest absolute Gasteiger partial charge is 0.103 e. The molecule has 0 spiro atoms. The fourth-order valence-electron chi connectivity index (χ4n) is 0.665. The number of hydrogen-bond acceptors (Lipinski definition) is 0. The molecule has 0 unspecified atom stereocenters. The summed E-state index contributed by atoms with van der Waals surface area (Å²) in [5.74, 6) is 0. The standard InChI is InChI=1S/C7H14Si/c1-3-5-7(8)6-4-2/h3-4,7H,1-2,5-6H2,8H3. The van der Waals surface area contributed by atoms with Gasteiger partial charge in [0.1, 0.15) is 0 Å². The average Bonchev–Trinajstić information content (AvgIpc) is 1.68. The highest BCUT2D eigenvalue weighted by molar-refractivity contribution is 6.11. The van der Waals surface area contributed by atoms with Gasteiger partial charge in [0.05, 0.1) is 0 Å². The van der Waals surface area contributed by atoms with Crippen molar-refractivity contribution in [2.75, 3.05) is 0 Å². The van der Waals surface area contributed by atoms with Crippen molar-refractivity contribution in [1.82, 2.24) is 0 Å². The van der Waals surface area contributed by atoms with Crippen LogP contribution in [0.1, 0.15) is 12.8 Å². The van der Waals surface area contributed by atoms with Gasteiger partial charge in [-0.25, -0.2) is 0 Å². The maximum Gasteiger partial charge on any atom is 0.00751 e. The molecule has 0 fully saturated rings. The van der Waals surface area contributed by atoms with Gasteiger partial charge in [0.2, 0.25) is 0 Å².